The molecular formula is C11H12BrF2NO. The van der Waals surface area contributed by atoms with Crippen LogP contribution in [0.15, 0.2) is 10.5 Å². The fourth-order valence-corrected chi connectivity index (χ4v) is 2.15. The summed E-state index contributed by atoms with van der Waals surface area (Å²) < 4.78 is 26.3. The van der Waals surface area contributed by atoms with Gasteiger partial charge in [0, 0.05) is 11.6 Å². The van der Waals surface area contributed by atoms with Gasteiger partial charge in [0.25, 0.3) is 0 Å². The molecule has 1 aliphatic rings. The Hall–Kier alpha value is -0.680. The number of rotatable bonds is 3. The third-order valence-corrected chi connectivity index (χ3v) is 3.43. The first-order chi connectivity index (χ1) is 7.50. The monoisotopic (exact) mass is 291 g/mol. The number of benzene rings is 1. The maximum absolute atomic E-state index is 13.3. The Balaban J connectivity index is 2.31. The van der Waals surface area contributed by atoms with Crippen LogP contribution >= 0.6 is 15.9 Å². The van der Waals surface area contributed by atoms with Gasteiger partial charge in [0.2, 0.25) is 5.82 Å². The van der Waals surface area contributed by atoms with Crippen LogP contribution in [0.5, 0.6) is 5.75 Å². The number of nitrogens with two attached hydrogens (primary N) is 1. The van der Waals surface area contributed by atoms with Crippen LogP contribution in [0.3, 0.4) is 0 Å². The number of phenolic OH excluding ortho intramolecular Hbond substituents is 1. The molecule has 0 saturated heterocycles. The van der Waals surface area contributed by atoms with E-state index in [0.29, 0.717) is 12.3 Å². The highest BCUT2D eigenvalue weighted by molar-refractivity contribution is 9.10. The first-order valence-electron chi connectivity index (χ1n) is 5.12. The molecule has 1 atom stereocenters. The molecule has 0 unspecified atom stereocenters. The summed E-state index contributed by atoms with van der Waals surface area (Å²) in [5, 5.41) is 9.49. The Bertz CT molecular complexity index is 421. The van der Waals surface area contributed by atoms with Gasteiger partial charge < -0.3 is 10.8 Å². The zero-order chi connectivity index (χ0) is 11.9. The van der Waals surface area contributed by atoms with Gasteiger partial charge in [0.1, 0.15) is 0 Å². The van der Waals surface area contributed by atoms with Crippen LogP contribution in [0.2, 0.25) is 0 Å². The molecule has 0 aromatic heterocycles. The SMILES string of the molecule is N[C@@H](CC1CC1)c1cc(Br)c(F)c(F)c1O. The molecule has 1 fully saturated rings. The lowest BCUT2D eigenvalue weighted by molar-refractivity contribution is 0.393. The number of halogens is 3. The molecule has 0 bridgehead atoms. The second kappa shape index (κ2) is 4.30. The Morgan fingerprint density at radius 3 is 2.62 bits per heavy atom. The standard InChI is InChI=1S/C11H12BrF2NO/c12-7-4-6(8(15)3-5-1-2-5)11(16)10(14)9(7)13/h4-5,8,16H,1-3,15H2/t8-/m0/s1. The lowest BCUT2D eigenvalue weighted by Crippen LogP contribution is -2.12. The lowest BCUT2D eigenvalue weighted by atomic mass is 10.0. The summed E-state index contributed by atoms with van der Waals surface area (Å²) in [6.45, 7) is 0. The van der Waals surface area contributed by atoms with Crippen LogP contribution in [0.25, 0.3) is 0 Å². The van der Waals surface area contributed by atoms with E-state index in [0.717, 1.165) is 12.8 Å². The highest BCUT2D eigenvalue weighted by Gasteiger charge is 2.27. The van der Waals surface area contributed by atoms with Crippen molar-refractivity contribution in [3.05, 3.63) is 27.7 Å². The number of aromatic hydroxyl groups is 1. The molecule has 0 spiro atoms. The molecular weight excluding hydrogens is 280 g/mol. The third kappa shape index (κ3) is 2.20. The quantitative estimate of drug-likeness (QED) is 0.840. The van der Waals surface area contributed by atoms with Crippen molar-refractivity contribution in [2.75, 3.05) is 0 Å². The van der Waals surface area contributed by atoms with Gasteiger partial charge >= 0.3 is 0 Å². The highest BCUT2D eigenvalue weighted by Crippen LogP contribution is 2.40. The van der Waals surface area contributed by atoms with Gasteiger partial charge in [-0.15, -0.1) is 0 Å². The van der Waals surface area contributed by atoms with Gasteiger partial charge in [0.15, 0.2) is 11.6 Å². The third-order valence-electron chi connectivity index (χ3n) is 2.85. The molecule has 0 heterocycles. The second-order valence-corrected chi connectivity index (χ2v) is 5.06. The predicted molar refractivity (Wildman–Crippen MR) is 60.0 cm³/mol. The molecule has 0 radical (unpaired) electrons. The summed E-state index contributed by atoms with van der Waals surface area (Å²) in [6, 6.07) is 0.903. The topological polar surface area (TPSA) is 46.2 Å². The van der Waals surface area contributed by atoms with Crippen molar-refractivity contribution in [2.24, 2.45) is 11.7 Å². The van der Waals surface area contributed by atoms with E-state index in [1.54, 1.807) is 0 Å². The fraction of sp³-hybridized carbons (Fsp3) is 0.455. The number of hydrogen-bond donors (Lipinski definition) is 2. The number of phenols is 1. The number of hydrogen-bond acceptors (Lipinski definition) is 2. The van der Waals surface area contributed by atoms with Crippen molar-refractivity contribution in [3.63, 3.8) is 0 Å². The first-order valence-corrected chi connectivity index (χ1v) is 5.92. The van der Waals surface area contributed by atoms with E-state index in [9.17, 15) is 13.9 Å². The Kier molecular flexibility index (Phi) is 3.17. The van der Waals surface area contributed by atoms with E-state index >= 15 is 0 Å². The molecule has 2 rings (SSSR count). The lowest BCUT2D eigenvalue weighted by Gasteiger charge is -2.14. The van der Waals surface area contributed by atoms with Gasteiger partial charge in [-0.1, -0.05) is 12.8 Å². The molecule has 1 saturated carbocycles. The van der Waals surface area contributed by atoms with E-state index in [1.165, 1.54) is 6.07 Å². The molecule has 1 aliphatic carbocycles. The van der Waals surface area contributed by atoms with Gasteiger partial charge in [-0.2, -0.15) is 4.39 Å². The van der Waals surface area contributed by atoms with Gasteiger partial charge in [-0.25, -0.2) is 4.39 Å². The van der Waals surface area contributed by atoms with Gasteiger partial charge in [-0.05, 0) is 34.3 Å². The van der Waals surface area contributed by atoms with Crippen molar-refractivity contribution in [3.8, 4) is 5.75 Å². The molecule has 5 heteroatoms. The molecule has 16 heavy (non-hydrogen) atoms. The van der Waals surface area contributed by atoms with Gasteiger partial charge in [-0.3, -0.25) is 0 Å². The molecule has 1 aromatic carbocycles. The molecule has 3 N–H and O–H groups in total. The van der Waals surface area contributed by atoms with E-state index in [2.05, 4.69) is 15.9 Å². The second-order valence-electron chi connectivity index (χ2n) is 4.21. The van der Waals surface area contributed by atoms with E-state index in [-0.39, 0.29) is 10.0 Å². The van der Waals surface area contributed by atoms with Gasteiger partial charge in [0.05, 0.1) is 4.47 Å². The molecule has 1 aromatic rings. The van der Waals surface area contributed by atoms with Crippen LogP contribution in [0.4, 0.5) is 8.78 Å². The molecule has 0 aliphatic heterocycles. The van der Waals surface area contributed by atoms with Crippen molar-refractivity contribution in [1.29, 1.82) is 0 Å². The molecule has 2 nitrogen and oxygen atoms in total. The Labute approximate surface area is 101 Å². The predicted octanol–water partition coefficient (Wildman–Crippen LogP) is 3.23. The zero-order valence-electron chi connectivity index (χ0n) is 8.51. The minimum absolute atomic E-state index is 0.0101. The van der Waals surface area contributed by atoms with E-state index < -0.39 is 23.4 Å². The van der Waals surface area contributed by atoms with Crippen molar-refractivity contribution < 1.29 is 13.9 Å². The smallest absolute Gasteiger partial charge is 0.201 e. The molecule has 88 valence electrons. The largest absolute Gasteiger partial charge is 0.505 e. The maximum atomic E-state index is 13.3. The zero-order valence-corrected chi connectivity index (χ0v) is 10.1. The van der Waals surface area contributed by atoms with Crippen molar-refractivity contribution in [2.45, 2.75) is 25.3 Å². The average molecular weight is 292 g/mol. The van der Waals surface area contributed by atoms with Crippen molar-refractivity contribution >= 4 is 15.9 Å². The maximum Gasteiger partial charge on any atom is 0.201 e. The average Bonchev–Trinajstić information content (AvgIpc) is 3.04. The van der Waals surface area contributed by atoms with Crippen LogP contribution in [-0.2, 0) is 0 Å². The first kappa shape index (κ1) is 11.8. The summed E-state index contributed by atoms with van der Waals surface area (Å²) >= 11 is 2.90. The highest BCUT2D eigenvalue weighted by atomic mass is 79.9. The van der Waals surface area contributed by atoms with Crippen LogP contribution < -0.4 is 5.73 Å². The summed E-state index contributed by atoms with van der Waals surface area (Å²) in [6.07, 6.45) is 2.95. The van der Waals surface area contributed by atoms with Crippen LogP contribution in [0.1, 0.15) is 30.9 Å². The summed E-state index contributed by atoms with van der Waals surface area (Å²) in [5.41, 5.74) is 6.12. The Morgan fingerprint density at radius 1 is 1.44 bits per heavy atom. The fourth-order valence-electron chi connectivity index (χ4n) is 1.73. The van der Waals surface area contributed by atoms with Crippen molar-refractivity contribution in [1.82, 2.24) is 0 Å². The minimum Gasteiger partial charge on any atom is -0.505 e. The normalized spacial score (nSPS) is 17.5. The Morgan fingerprint density at radius 2 is 2.06 bits per heavy atom. The minimum atomic E-state index is -1.24. The van der Waals surface area contributed by atoms with Crippen LogP contribution in [-0.4, -0.2) is 5.11 Å². The summed E-state index contributed by atoms with van der Waals surface area (Å²) in [7, 11) is 0. The molecule has 0 amide bonds. The summed E-state index contributed by atoms with van der Waals surface area (Å²) in [5.74, 6) is -2.44. The van der Waals surface area contributed by atoms with E-state index in [1.807, 2.05) is 0 Å². The van der Waals surface area contributed by atoms with E-state index in [4.69, 9.17) is 5.73 Å². The summed E-state index contributed by atoms with van der Waals surface area (Å²) in [4.78, 5) is 0. The van der Waals surface area contributed by atoms with Crippen LogP contribution in [0, 0.1) is 17.6 Å².